The number of nitrogens with two attached hydrogens (primary N) is 1. The molecule has 13 heavy (non-hydrogen) atoms. The third-order valence-electron chi connectivity index (χ3n) is 3.25. The van der Waals surface area contributed by atoms with Gasteiger partial charge < -0.3 is 5.73 Å². The molecule has 0 bridgehead atoms. The molecule has 1 aliphatic carbocycles. The Morgan fingerprint density at radius 1 is 1.31 bits per heavy atom. The molecule has 2 unspecified atom stereocenters. The number of allylic oxidation sites excluding steroid dienone is 1. The van der Waals surface area contributed by atoms with Gasteiger partial charge in [0.05, 0.1) is 0 Å². The standard InChI is InChI=1S/C12H23N/c1-8(2)10-5-6-11(9(3)4)12(13)7-10/h6,8-10,12H,5,7,13H2,1-4H3. The van der Waals surface area contributed by atoms with Crippen molar-refractivity contribution in [1.29, 1.82) is 0 Å². The lowest BCUT2D eigenvalue weighted by molar-refractivity contribution is 0.324. The van der Waals surface area contributed by atoms with Crippen molar-refractivity contribution in [3.8, 4) is 0 Å². The van der Waals surface area contributed by atoms with E-state index in [1.54, 1.807) is 0 Å². The second-order valence-corrected chi connectivity index (χ2v) is 4.94. The second-order valence-electron chi connectivity index (χ2n) is 4.94. The Balaban J connectivity index is 2.64. The highest BCUT2D eigenvalue weighted by Gasteiger charge is 2.24. The molecule has 0 aromatic heterocycles. The van der Waals surface area contributed by atoms with Gasteiger partial charge >= 0.3 is 0 Å². The Morgan fingerprint density at radius 2 is 1.92 bits per heavy atom. The van der Waals surface area contributed by atoms with Crippen molar-refractivity contribution >= 4 is 0 Å². The fourth-order valence-electron chi connectivity index (χ4n) is 2.21. The molecule has 0 aliphatic heterocycles. The first-order chi connectivity index (χ1) is 6.02. The summed E-state index contributed by atoms with van der Waals surface area (Å²) in [7, 11) is 0. The number of hydrogen-bond donors (Lipinski definition) is 1. The van der Waals surface area contributed by atoms with Crippen LogP contribution in [0.3, 0.4) is 0 Å². The van der Waals surface area contributed by atoms with Crippen LogP contribution in [0.15, 0.2) is 11.6 Å². The molecule has 0 fully saturated rings. The molecule has 1 rings (SSSR count). The van der Waals surface area contributed by atoms with E-state index in [0.29, 0.717) is 12.0 Å². The second kappa shape index (κ2) is 4.28. The monoisotopic (exact) mass is 181 g/mol. The fraction of sp³-hybridized carbons (Fsp3) is 0.833. The van der Waals surface area contributed by atoms with Crippen molar-refractivity contribution in [2.24, 2.45) is 23.5 Å². The third-order valence-corrected chi connectivity index (χ3v) is 3.25. The van der Waals surface area contributed by atoms with E-state index in [-0.39, 0.29) is 0 Å². The predicted molar refractivity (Wildman–Crippen MR) is 58.5 cm³/mol. The van der Waals surface area contributed by atoms with Gasteiger partial charge in [0.1, 0.15) is 0 Å². The Morgan fingerprint density at radius 3 is 2.31 bits per heavy atom. The van der Waals surface area contributed by atoms with Gasteiger partial charge in [-0.25, -0.2) is 0 Å². The van der Waals surface area contributed by atoms with Crippen molar-refractivity contribution in [2.75, 3.05) is 0 Å². The van der Waals surface area contributed by atoms with Crippen LogP contribution < -0.4 is 5.73 Å². The van der Waals surface area contributed by atoms with Crippen molar-refractivity contribution in [1.82, 2.24) is 0 Å². The SMILES string of the molecule is CC(C)C1=CCC(C(C)C)CC1N. The Labute approximate surface area is 82.4 Å². The normalized spacial score (nSPS) is 29.6. The Bertz CT molecular complexity index is 191. The molecule has 1 nitrogen and oxygen atoms in total. The first kappa shape index (κ1) is 10.8. The van der Waals surface area contributed by atoms with Gasteiger partial charge in [0.2, 0.25) is 0 Å². The molecule has 0 aromatic carbocycles. The van der Waals surface area contributed by atoms with Gasteiger partial charge in [-0.3, -0.25) is 0 Å². The lowest BCUT2D eigenvalue weighted by atomic mass is 9.77. The summed E-state index contributed by atoms with van der Waals surface area (Å²) in [6.45, 7) is 9.07. The van der Waals surface area contributed by atoms with Crippen LogP contribution in [-0.4, -0.2) is 6.04 Å². The topological polar surface area (TPSA) is 26.0 Å². The van der Waals surface area contributed by atoms with Crippen LogP contribution in [-0.2, 0) is 0 Å². The molecule has 2 N–H and O–H groups in total. The summed E-state index contributed by atoms with van der Waals surface area (Å²) >= 11 is 0. The average Bonchev–Trinajstić information content (AvgIpc) is 2.03. The van der Waals surface area contributed by atoms with Gasteiger partial charge in [-0.05, 0) is 30.6 Å². The zero-order chi connectivity index (χ0) is 10.0. The van der Waals surface area contributed by atoms with E-state index in [0.717, 1.165) is 11.8 Å². The highest BCUT2D eigenvalue weighted by molar-refractivity contribution is 5.16. The summed E-state index contributed by atoms with van der Waals surface area (Å²) in [5.74, 6) is 2.21. The zero-order valence-corrected chi connectivity index (χ0v) is 9.38. The van der Waals surface area contributed by atoms with Gasteiger partial charge in [-0.15, -0.1) is 0 Å². The first-order valence-electron chi connectivity index (χ1n) is 5.48. The van der Waals surface area contributed by atoms with E-state index in [2.05, 4.69) is 33.8 Å². The smallest absolute Gasteiger partial charge is 0.0258 e. The van der Waals surface area contributed by atoms with Crippen molar-refractivity contribution < 1.29 is 0 Å². The summed E-state index contributed by atoms with van der Waals surface area (Å²) in [5.41, 5.74) is 7.61. The summed E-state index contributed by atoms with van der Waals surface area (Å²) in [5, 5.41) is 0. The minimum absolute atomic E-state index is 0.321. The van der Waals surface area contributed by atoms with Crippen molar-refractivity contribution in [2.45, 2.75) is 46.6 Å². The van der Waals surface area contributed by atoms with Crippen LogP contribution in [0, 0.1) is 17.8 Å². The quantitative estimate of drug-likeness (QED) is 0.651. The van der Waals surface area contributed by atoms with Gasteiger partial charge in [0.15, 0.2) is 0 Å². The third kappa shape index (κ3) is 2.57. The van der Waals surface area contributed by atoms with E-state index < -0.39 is 0 Å². The van der Waals surface area contributed by atoms with Crippen LogP contribution in [0.4, 0.5) is 0 Å². The predicted octanol–water partition coefficient (Wildman–Crippen LogP) is 2.96. The zero-order valence-electron chi connectivity index (χ0n) is 9.38. The molecule has 76 valence electrons. The molecule has 0 saturated heterocycles. The molecule has 1 heteroatoms. The molecule has 0 aromatic rings. The van der Waals surface area contributed by atoms with E-state index in [9.17, 15) is 0 Å². The molecule has 0 radical (unpaired) electrons. The Hall–Kier alpha value is -0.300. The minimum atomic E-state index is 0.321. The molecule has 0 spiro atoms. The molecular formula is C12H23N. The van der Waals surface area contributed by atoms with Crippen LogP contribution in [0.25, 0.3) is 0 Å². The summed E-state index contributed by atoms with van der Waals surface area (Å²) in [6.07, 6.45) is 4.80. The summed E-state index contributed by atoms with van der Waals surface area (Å²) in [6, 6.07) is 0.321. The highest BCUT2D eigenvalue weighted by Crippen LogP contribution is 2.31. The minimum Gasteiger partial charge on any atom is -0.324 e. The Kier molecular flexibility index (Phi) is 3.55. The van der Waals surface area contributed by atoms with Crippen LogP contribution in [0.2, 0.25) is 0 Å². The lowest BCUT2D eigenvalue weighted by Crippen LogP contribution is -2.32. The van der Waals surface area contributed by atoms with Crippen LogP contribution >= 0.6 is 0 Å². The van der Waals surface area contributed by atoms with Gasteiger partial charge in [-0.2, -0.15) is 0 Å². The van der Waals surface area contributed by atoms with E-state index in [4.69, 9.17) is 5.73 Å². The van der Waals surface area contributed by atoms with Crippen molar-refractivity contribution in [3.05, 3.63) is 11.6 Å². The molecule has 0 saturated carbocycles. The van der Waals surface area contributed by atoms with Gasteiger partial charge in [-0.1, -0.05) is 39.3 Å². The maximum absolute atomic E-state index is 6.14. The van der Waals surface area contributed by atoms with Gasteiger partial charge in [0.25, 0.3) is 0 Å². The van der Waals surface area contributed by atoms with E-state index in [1.165, 1.54) is 18.4 Å². The number of rotatable bonds is 2. The maximum atomic E-state index is 6.14. The summed E-state index contributed by atoms with van der Waals surface area (Å²) in [4.78, 5) is 0. The van der Waals surface area contributed by atoms with E-state index >= 15 is 0 Å². The van der Waals surface area contributed by atoms with Crippen LogP contribution in [0.5, 0.6) is 0 Å². The van der Waals surface area contributed by atoms with Gasteiger partial charge in [0, 0.05) is 6.04 Å². The van der Waals surface area contributed by atoms with Crippen LogP contribution in [0.1, 0.15) is 40.5 Å². The average molecular weight is 181 g/mol. The van der Waals surface area contributed by atoms with E-state index in [1.807, 2.05) is 0 Å². The highest BCUT2D eigenvalue weighted by atomic mass is 14.6. The number of hydrogen-bond acceptors (Lipinski definition) is 1. The lowest BCUT2D eigenvalue weighted by Gasteiger charge is -2.31. The molecule has 0 amide bonds. The maximum Gasteiger partial charge on any atom is 0.0258 e. The fourth-order valence-corrected chi connectivity index (χ4v) is 2.21. The molecule has 1 aliphatic rings. The molecular weight excluding hydrogens is 158 g/mol. The largest absolute Gasteiger partial charge is 0.324 e. The van der Waals surface area contributed by atoms with Crippen molar-refractivity contribution in [3.63, 3.8) is 0 Å². The first-order valence-corrected chi connectivity index (χ1v) is 5.48. The summed E-state index contributed by atoms with van der Waals surface area (Å²) < 4.78 is 0. The molecule has 0 heterocycles. The molecule has 2 atom stereocenters.